The van der Waals surface area contributed by atoms with E-state index in [-0.39, 0.29) is 0 Å². The van der Waals surface area contributed by atoms with Crippen LogP contribution in [0.1, 0.15) is 59.1 Å². The van der Waals surface area contributed by atoms with Gasteiger partial charge in [0.25, 0.3) is 0 Å². The zero-order valence-electron chi connectivity index (χ0n) is 14.9. The van der Waals surface area contributed by atoms with Gasteiger partial charge < -0.3 is 5.32 Å². The Kier molecular flexibility index (Phi) is 15.1. The lowest BCUT2D eigenvalue weighted by atomic mass is 10.3. The lowest BCUT2D eigenvalue weighted by Gasteiger charge is -2.20. The standard InChI is InChI=1S/C12H19BrN2.C6H15N/c1-3-8-15(9-4-2)10-11-6-5-7-12(13)14-11;1-3-5-7-6-4-2/h5-7H,3-4,8-10H2,1-2H3;7H,3-6H2,1-2H3. The van der Waals surface area contributed by atoms with Gasteiger partial charge in [0.05, 0.1) is 5.69 Å². The van der Waals surface area contributed by atoms with Gasteiger partial charge in [0.2, 0.25) is 0 Å². The minimum Gasteiger partial charge on any atom is -0.317 e. The quantitative estimate of drug-likeness (QED) is 0.470. The van der Waals surface area contributed by atoms with Crippen molar-refractivity contribution in [2.45, 2.75) is 59.9 Å². The van der Waals surface area contributed by atoms with E-state index >= 15 is 0 Å². The largest absolute Gasteiger partial charge is 0.317 e. The first-order valence-electron chi connectivity index (χ1n) is 8.72. The summed E-state index contributed by atoms with van der Waals surface area (Å²) in [6.45, 7) is 14.4. The molecule has 0 radical (unpaired) electrons. The maximum atomic E-state index is 4.45. The van der Waals surface area contributed by atoms with Crippen LogP contribution >= 0.6 is 15.9 Å². The highest BCUT2D eigenvalue weighted by Crippen LogP contribution is 2.09. The Bertz CT molecular complexity index is 348. The van der Waals surface area contributed by atoms with Gasteiger partial charge >= 0.3 is 0 Å². The predicted molar refractivity (Wildman–Crippen MR) is 101 cm³/mol. The zero-order chi connectivity index (χ0) is 16.6. The average Bonchev–Trinajstić information content (AvgIpc) is 2.49. The Morgan fingerprint density at radius 1 is 0.955 bits per heavy atom. The first kappa shape index (κ1) is 21.6. The molecule has 1 aromatic rings. The number of nitrogens with zero attached hydrogens (tertiary/aromatic N) is 2. The van der Waals surface area contributed by atoms with Gasteiger partial charge in [0, 0.05) is 6.54 Å². The van der Waals surface area contributed by atoms with Crippen molar-refractivity contribution >= 4 is 15.9 Å². The van der Waals surface area contributed by atoms with Gasteiger partial charge in [-0.05, 0) is 79.9 Å². The van der Waals surface area contributed by atoms with Crippen LogP contribution in [0.15, 0.2) is 22.8 Å². The second-order valence-electron chi connectivity index (χ2n) is 5.48. The maximum absolute atomic E-state index is 4.45. The molecule has 0 bridgehead atoms. The number of aromatic nitrogens is 1. The molecule has 0 aliphatic carbocycles. The summed E-state index contributed by atoms with van der Waals surface area (Å²) in [6, 6.07) is 6.10. The van der Waals surface area contributed by atoms with E-state index in [1.54, 1.807) is 0 Å². The van der Waals surface area contributed by atoms with Crippen molar-refractivity contribution in [1.29, 1.82) is 0 Å². The fraction of sp³-hybridized carbons (Fsp3) is 0.722. The molecule has 22 heavy (non-hydrogen) atoms. The summed E-state index contributed by atoms with van der Waals surface area (Å²) in [6.07, 6.45) is 4.90. The van der Waals surface area contributed by atoms with Gasteiger partial charge in [0.1, 0.15) is 4.60 Å². The summed E-state index contributed by atoms with van der Waals surface area (Å²) in [5, 5.41) is 3.28. The van der Waals surface area contributed by atoms with Crippen LogP contribution in [0.2, 0.25) is 0 Å². The summed E-state index contributed by atoms with van der Waals surface area (Å²) < 4.78 is 0.924. The van der Waals surface area contributed by atoms with E-state index in [4.69, 9.17) is 0 Å². The monoisotopic (exact) mass is 371 g/mol. The summed E-state index contributed by atoms with van der Waals surface area (Å²) >= 11 is 3.40. The second-order valence-corrected chi connectivity index (χ2v) is 6.29. The van der Waals surface area contributed by atoms with E-state index in [1.165, 1.54) is 38.8 Å². The lowest BCUT2D eigenvalue weighted by molar-refractivity contribution is 0.263. The molecule has 1 N–H and O–H groups in total. The van der Waals surface area contributed by atoms with Crippen LogP contribution in [0.3, 0.4) is 0 Å². The normalized spacial score (nSPS) is 10.5. The molecule has 1 aromatic heterocycles. The summed E-state index contributed by atoms with van der Waals surface area (Å²) in [7, 11) is 0. The SMILES string of the molecule is CCCN(CCC)Cc1cccc(Br)n1.CCCNCCC. The first-order valence-corrected chi connectivity index (χ1v) is 9.51. The average molecular weight is 372 g/mol. The summed E-state index contributed by atoms with van der Waals surface area (Å²) in [4.78, 5) is 6.91. The zero-order valence-corrected chi connectivity index (χ0v) is 16.5. The minimum absolute atomic E-state index is 0.924. The molecule has 0 aromatic carbocycles. The number of nitrogens with one attached hydrogen (secondary N) is 1. The topological polar surface area (TPSA) is 28.2 Å². The molecule has 0 spiro atoms. The molecular weight excluding hydrogens is 338 g/mol. The van der Waals surface area contributed by atoms with E-state index in [0.29, 0.717) is 0 Å². The van der Waals surface area contributed by atoms with Crippen molar-refractivity contribution in [2.24, 2.45) is 0 Å². The second kappa shape index (κ2) is 15.4. The molecule has 0 atom stereocenters. The molecule has 3 nitrogen and oxygen atoms in total. The number of halogens is 1. The van der Waals surface area contributed by atoms with Crippen LogP contribution in [0.4, 0.5) is 0 Å². The van der Waals surface area contributed by atoms with Crippen molar-refractivity contribution in [3.8, 4) is 0 Å². The van der Waals surface area contributed by atoms with E-state index in [9.17, 15) is 0 Å². The van der Waals surface area contributed by atoms with Gasteiger partial charge in [-0.15, -0.1) is 0 Å². The minimum atomic E-state index is 0.924. The first-order chi connectivity index (χ1) is 10.7. The predicted octanol–water partition coefficient (Wildman–Crippen LogP) is 4.86. The Morgan fingerprint density at radius 3 is 2.00 bits per heavy atom. The van der Waals surface area contributed by atoms with Crippen LogP contribution < -0.4 is 5.32 Å². The molecule has 0 amide bonds. The fourth-order valence-corrected chi connectivity index (χ4v) is 2.53. The van der Waals surface area contributed by atoms with Crippen LogP contribution in [-0.2, 0) is 6.54 Å². The molecular formula is C18H34BrN3. The van der Waals surface area contributed by atoms with Crippen molar-refractivity contribution < 1.29 is 0 Å². The van der Waals surface area contributed by atoms with Gasteiger partial charge in [-0.25, -0.2) is 4.98 Å². The third-order valence-corrected chi connectivity index (χ3v) is 3.53. The molecule has 128 valence electrons. The highest BCUT2D eigenvalue weighted by molar-refractivity contribution is 9.10. The number of hydrogen-bond donors (Lipinski definition) is 1. The Hall–Kier alpha value is -0.450. The molecule has 0 fully saturated rings. The van der Waals surface area contributed by atoms with Crippen molar-refractivity contribution in [1.82, 2.24) is 15.2 Å². The van der Waals surface area contributed by atoms with Gasteiger partial charge in [-0.3, -0.25) is 4.90 Å². The number of rotatable bonds is 10. The Morgan fingerprint density at radius 2 is 1.55 bits per heavy atom. The van der Waals surface area contributed by atoms with Crippen molar-refractivity contribution in [3.05, 3.63) is 28.5 Å². The number of hydrogen-bond acceptors (Lipinski definition) is 3. The molecule has 0 aliphatic rings. The van der Waals surface area contributed by atoms with Crippen LogP contribution in [-0.4, -0.2) is 36.1 Å². The molecule has 1 rings (SSSR count). The van der Waals surface area contributed by atoms with Crippen LogP contribution in [0, 0.1) is 0 Å². The molecule has 0 saturated carbocycles. The Labute approximate surface area is 146 Å². The summed E-state index contributed by atoms with van der Waals surface area (Å²) in [5.74, 6) is 0. The highest BCUT2D eigenvalue weighted by atomic mass is 79.9. The molecule has 0 saturated heterocycles. The van der Waals surface area contributed by atoms with Gasteiger partial charge in [-0.2, -0.15) is 0 Å². The third-order valence-electron chi connectivity index (χ3n) is 3.09. The molecule has 4 heteroatoms. The Balaban J connectivity index is 0.000000534. The van der Waals surface area contributed by atoms with E-state index in [1.807, 2.05) is 12.1 Å². The van der Waals surface area contributed by atoms with Crippen molar-refractivity contribution in [2.75, 3.05) is 26.2 Å². The van der Waals surface area contributed by atoms with E-state index in [2.05, 4.69) is 64.9 Å². The molecule has 1 heterocycles. The highest BCUT2D eigenvalue weighted by Gasteiger charge is 2.04. The lowest BCUT2D eigenvalue weighted by Crippen LogP contribution is -2.25. The van der Waals surface area contributed by atoms with E-state index < -0.39 is 0 Å². The third kappa shape index (κ3) is 12.1. The number of pyridine rings is 1. The molecule has 0 unspecified atom stereocenters. The molecule has 0 aliphatic heterocycles. The van der Waals surface area contributed by atoms with Crippen LogP contribution in [0.25, 0.3) is 0 Å². The van der Waals surface area contributed by atoms with E-state index in [0.717, 1.165) is 29.9 Å². The van der Waals surface area contributed by atoms with Crippen molar-refractivity contribution in [3.63, 3.8) is 0 Å². The van der Waals surface area contributed by atoms with Gasteiger partial charge in [0.15, 0.2) is 0 Å². The maximum Gasteiger partial charge on any atom is 0.106 e. The van der Waals surface area contributed by atoms with Crippen LogP contribution in [0.5, 0.6) is 0 Å². The fourth-order valence-electron chi connectivity index (χ4n) is 2.15. The smallest absolute Gasteiger partial charge is 0.106 e. The summed E-state index contributed by atoms with van der Waals surface area (Å²) in [5.41, 5.74) is 1.14. The van der Waals surface area contributed by atoms with Gasteiger partial charge in [-0.1, -0.05) is 33.8 Å².